The number of rotatable bonds is 6. The fourth-order valence-electron chi connectivity index (χ4n) is 3.08. The van der Waals surface area contributed by atoms with Crippen LogP contribution < -0.4 is 4.74 Å². The van der Waals surface area contributed by atoms with Crippen LogP contribution in [0.3, 0.4) is 0 Å². The van der Waals surface area contributed by atoms with Crippen LogP contribution in [0.1, 0.15) is 38.8 Å². The van der Waals surface area contributed by atoms with E-state index in [1.165, 1.54) is 10.8 Å². The third-order valence-electron chi connectivity index (χ3n) is 5.85. The Hall–Kier alpha value is -2.14. The molecule has 0 heterocycles. The molecule has 0 aliphatic carbocycles. The first-order valence-corrected chi connectivity index (χ1v) is 13.0. The van der Waals surface area contributed by atoms with Gasteiger partial charge in [-0.1, -0.05) is 69.3 Å². The minimum Gasteiger partial charge on any atom is -0.489 e. The number of ether oxygens (including phenoxy) is 1. The van der Waals surface area contributed by atoms with Gasteiger partial charge in [0, 0.05) is 5.56 Å². The molecule has 1 N–H and O–H groups in total. The lowest BCUT2D eigenvalue weighted by molar-refractivity contribution is -0.139. The zero-order chi connectivity index (χ0) is 21.3. The largest absolute Gasteiger partial charge is 0.489 e. The molecule has 3 aromatic rings. The molecule has 0 radical (unpaired) electrons. The van der Waals surface area contributed by atoms with Crippen LogP contribution in [0.4, 0.5) is 0 Å². The van der Waals surface area contributed by atoms with Gasteiger partial charge in [-0.25, -0.2) is 0 Å². The summed E-state index contributed by atoms with van der Waals surface area (Å²) in [5.74, 6) is -0.638. The summed E-state index contributed by atoms with van der Waals surface area (Å²) < 4.78 is 12.3. The predicted molar refractivity (Wildman–Crippen MR) is 123 cm³/mol. The lowest BCUT2D eigenvalue weighted by atomic mass is 10.1. The van der Waals surface area contributed by atoms with Crippen LogP contribution in [0, 0.1) is 0 Å². The lowest BCUT2D eigenvalue weighted by Gasteiger charge is -2.42. The van der Waals surface area contributed by atoms with Crippen molar-refractivity contribution < 1.29 is 14.3 Å². The van der Waals surface area contributed by atoms with E-state index in [1.807, 2.05) is 36.4 Å². The molecule has 4 heteroatoms. The van der Waals surface area contributed by atoms with Crippen LogP contribution in [0.25, 0.3) is 10.8 Å². The lowest BCUT2D eigenvalue weighted by Crippen LogP contribution is -2.47. The van der Waals surface area contributed by atoms with Crippen molar-refractivity contribution in [1.29, 1.82) is 0 Å². The fraction of sp³-hybridized carbons (Fsp3) is 0.360. The Bertz CT molecular complexity index is 987. The first-order chi connectivity index (χ1) is 13.5. The highest BCUT2D eigenvalue weighted by Crippen LogP contribution is 2.41. The number of fused-ring (bicyclic) bond motifs is 1. The van der Waals surface area contributed by atoms with E-state index in [4.69, 9.17) is 9.16 Å². The Kier molecular flexibility index (Phi) is 5.90. The molecule has 3 aromatic carbocycles. The molecule has 0 saturated heterocycles. The highest BCUT2D eigenvalue weighted by atomic mass is 28.4. The summed E-state index contributed by atoms with van der Waals surface area (Å²) in [6.07, 6.45) is 0. The summed E-state index contributed by atoms with van der Waals surface area (Å²) in [6.45, 7) is 13.0. The van der Waals surface area contributed by atoms with Gasteiger partial charge in [-0.3, -0.25) is 0 Å². The molecule has 1 atom stereocenters. The number of benzene rings is 3. The van der Waals surface area contributed by atoms with Crippen molar-refractivity contribution in [3.05, 3.63) is 77.9 Å². The smallest absolute Gasteiger partial charge is 0.196 e. The molecule has 0 fully saturated rings. The maximum atomic E-state index is 11.1. The Labute approximate surface area is 175 Å². The molecule has 0 amide bonds. The normalized spacial score (nSPS) is 14.6. The van der Waals surface area contributed by atoms with E-state index in [1.54, 1.807) is 6.92 Å². The van der Waals surface area contributed by atoms with Crippen LogP contribution >= 0.6 is 0 Å². The van der Waals surface area contributed by atoms with Crippen molar-refractivity contribution in [3.63, 3.8) is 0 Å². The van der Waals surface area contributed by atoms with Crippen molar-refractivity contribution in [2.75, 3.05) is 0 Å². The molecule has 0 aliphatic rings. The van der Waals surface area contributed by atoms with Gasteiger partial charge in [0.1, 0.15) is 12.4 Å². The molecular formula is C25H32O3Si. The molecule has 0 aliphatic heterocycles. The minimum atomic E-state index is -2.13. The van der Waals surface area contributed by atoms with Crippen molar-refractivity contribution >= 4 is 19.1 Å². The van der Waals surface area contributed by atoms with E-state index in [0.29, 0.717) is 12.2 Å². The van der Waals surface area contributed by atoms with Gasteiger partial charge in [0.15, 0.2) is 14.1 Å². The molecule has 3 rings (SSSR count). The van der Waals surface area contributed by atoms with Crippen LogP contribution in [-0.4, -0.2) is 13.4 Å². The van der Waals surface area contributed by atoms with Crippen molar-refractivity contribution in [3.8, 4) is 5.75 Å². The van der Waals surface area contributed by atoms with E-state index in [9.17, 15) is 5.11 Å². The first-order valence-electron chi connectivity index (χ1n) is 10.1. The SMILES string of the molecule is CC(O)(O[Si](C)(C)C(C)(C)C)c1cccc(OCc2ccc3ccccc3c2)c1. The summed E-state index contributed by atoms with van der Waals surface area (Å²) in [7, 11) is -2.13. The maximum absolute atomic E-state index is 11.1. The molecule has 3 nitrogen and oxygen atoms in total. The second-order valence-corrected chi connectivity index (χ2v) is 14.1. The highest BCUT2D eigenvalue weighted by molar-refractivity contribution is 6.74. The second-order valence-electron chi connectivity index (χ2n) is 9.34. The molecule has 29 heavy (non-hydrogen) atoms. The number of aliphatic hydroxyl groups is 1. The summed E-state index contributed by atoms with van der Waals surface area (Å²) in [6, 6.07) is 22.2. The molecule has 154 valence electrons. The van der Waals surface area contributed by atoms with Crippen molar-refractivity contribution in [1.82, 2.24) is 0 Å². The summed E-state index contributed by atoms with van der Waals surface area (Å²) in [5.41, 5.74) is 1.82. The summed E-state index contributed by atoms with van der Waals surface area (Å²) in [4.78, 5) is 0. The van der Waals surface area contributed by atoms with E-state index >= 15 is 0 Å². The van der Waals surface area contributed by atoms with Crippen LogP contribution in [0.2, 0.25) is 18.1 Å². The van der Waals surface area contributed by atoms with Gasteiger partial charge in [-0.2, -0.15) is 0 Å². The van der Waals surface area contributed by atoms with Gasteiger partial charge in [0.05, 0.1) is 0 Å². The molecular weight excluding hydrogens is 376 g/mol. The zero-order valence-corrected chi connectivity index (χ0v) is 19.3. The van der Waals surface area contributed by atoms with Crippen molar-refractivity contribution in [2.24, 2.45) is 0 Å². The van der Waals surface area contributed by atoms with Gasteiger partial charge >= 0.3 is 0 Å². The highest BCUT2D eigenvalue weighted by Gasteiger charge is 2.43. The number of hydrogen-bond donors (Lipinski definition) is 1. The van der Waals surface area contributed by atoms with E-state index < -0.39 is 14.1 Å². The molecule has 1 unspecified atom stereocenters. The van der Waals surface area contributed by atoms with Gasteiger partial charge in [0.2, 0.25) is 0 Å². The third kappa shape index (κ3) is 5.07. The first kappa shape index (κ1) is 21.6. The Balaban J connectivity index is 1.74. The van der Waals surface area contributed by atoms with Gasteiger partial charge in [-0.15, -0.1) is 0 Å². The van der Waals surface area contributed by atoms with Crippen LogP contribution in [0.15, 0.2) is 66.7 Å². The van der Waals surface area contributed by atoms with Gasteiger partial charge < -0.3 is 14.3 Å². The standard InChI is InChI=1S/C25H32O3Si/c1-24(2,3)29(5,6)28-25(4,26)22-12-9-13-23(17-22)27-18-19-14-15-20-10-7-8-11-21(20)16-19/h7-17,26H,18H2,1-6H3. The zero-order valence-electron chi connectivity index (χ0n) is 18.3. The summed E-state index contributed by atoms with van der Waals surface area (Å²) >= 11 is 0. The third-order valence-corrected chi connectivity index (χ3v) is 10.4. The fourth-order valence-corrected chi connectivity index (χ4v) is 4.50. The average molecular weight is 409 g/mol. The molecule has 0 aromatic heterocycles. The topological polar surface area (TPSA) is 38.7 Å². The maximum Gasteiger partial charge on any atom is 0.196 e. The van der Waals surface area contributed by atoms with Gasteiger partial charge in [0.25, 0.3) is 0 Å². The van der Waals surface area contributed by atoms with E-state index in [0.717, 1.165) is 11.3 Å². The monoisotopic (exact) mass is 408 g/mol. The quantitative estimate of drug-likeness (QED) is 0.368. The van der Waals surface area contributed by atoms with Crippen LogP contribution in [0.5, 0.6) is 5.75 Å². The molecule has 0 spiro atoms. The van der Waals surface area contributed by atoms with E-state index in [-0.39, 0.29) is 5.04 Å². The predicted octanol–water partition coefficient (Wildman–Crippen LogP) is 6.61. The van der Waals surface area contributed by atoms with Crippen molar-refractivity contribution in [2.45, 2.75) is 58.2 Å². The minimum absolute atomic E-state index is 0.0151. The molecule has 0 saturated carbocycles. The summed E-state index contributed by atoms with van der Waals surface area (Å²) in [5, 5.41) is 13.5. The Morgan fingerprint density at radius 1 is 0.828 bits per heavy atom. The molecule has 0 bridgehead atoms. The van der Waals surface area contributed by atoms with Gasteiger partial charge in [-0.05, 0) is 59.6 Å². The Morgan fingerprint density at radius 3 is 2.21 bits per heavy atom. The number of hydrogen-bond acceptors (Lipinski definition) is 3. The van der Waals surface area contributed by atoms with E-state index in [2.05, 4.69) is 64.2 Å². The van der Waals surface area contributed by atoms with Crippen LogP contribution in [-0.2, 0) is 16.8 Å². The Morgan fingerprint density at radius 2 is 1.52 bits per heavy atom. The average Bonchev–Trinajstić information content (AvgIpc) is 2.65. The second kappa shape index (κ2) is 7.94.